The summed E-state index contributed by atoms with van der Waals surface area (Å²) in [7, 11) is 0. The van der Waals surface area contributed by atoms with Gasteiger partial charge in [-0.1, -0.05) is 6.08 Å². The molecule has 0 unspecified atom stereocenters. The molecule has 3 rings (SSSR count). The van der Waals surface area contributed by atoms with Crippen LogP contribution < -0.4 is 4.74 Å². The number of aromatic hydroxyl groups is 1. The number of phenolic OH excluding ortho intramolecular Hbond substituents is 1. The van der Waals surface area contributed by atoms with Crippen LogP contribution >= 0.6 is 0 Å². The Labute approximate surface area is 147 Å². The maximum atomic E-state index is 11.6. The largest absolute Gasteiger partial charge is 0.508 e. The molecule has 5 heteroatoms. The highest BCUT2D eigenvalue weighted by molar-refractivity contribution is 5.81. The van der Waals surface area contributed by atoms with E-state index in [1.54, 1.807) is 19.9 Å². The monoisotopic (exact) mass is 344 g/mol. The summed E-state index contributed by atoms with van der Waals surface area (Å²) >= 11 is 0. The second-order valence-corrected chi connectivity index (χ2v) is 8.09. The molecule has 25 heavy (non-hydrogen) atoms. The Hall–Kier alpha value is -2.30. The van der Waals surface area contributed by atoms with Gasteiger partial charge >= 0.3 is 5.97 Å². The number of aldehydes is 1. The van der Waals surface area contributed by atoms with Crippen LogP contribution in [0.3, 0.4) is 0 Å². The van der Waals surface area contributed by atoms with Crippen LogP contribution in [0.25, 0.3) is 0 Å². The van der Waals surface area contributed by atoms with Crippen LogP contribution in [-0.2, 0) is 15.0 Å². The van der Waals surface area contributed by atoms with Crippen molar-refractivity contribution in [2.24, 2.45) is 5.92 Å². The average Bonchev–Trinajstić information content (AvgIpc) is 2.52. The van der Waals surface area contributed by atoms with Crippen molar-refractivity contribution in [3.05, 3.63) is 34.9 Å². The molecule has 1 heterocycles. The molecule has 2 atom stereocenters. The number of carbonyl (C=O) groups excluding carboxylic acids is 1. The summed E-state index contributed by atoms with van der Waals surface area (Å²) in [4.78, 5) is 22.8. The zero-order chi connectivity index (χ0) is 18.6. The van der Waals surface area contributed by atoms with E-state index in [9.17, 15) is 19.8 Å². The van der Waals surface area contributed by atoms with Gasteiger partial charge in [0.2, 0.25) is 0 Å². The van der Waals surface area contributed by atoms with Crippen molar-refractivity contribution in [1.29, 1.82) is 0 Å². The lowest BCUT2D eigenvalue weighted by Crippen LogP contribution is -2.45. The molecule has 0 bridgehead atoms. The third-order valence-corrected chi connectivity index (χ3v) is 5.74. The van der Waals surface area contributed by atoms with E-state index in [1.165, 1.54) is 6.07 Å². The minimum absolute atomic E-state index is 0.0223. The molecular formula is C20H24O5. The van der Waals surface area contributed by atoms with Crippen LogP contribution in [0.1, 0.15) is 57.6 Å². The van der Waals surface area contributed by atoms with E-state index in [1.807, 2.05) is 19.9 Å². The molecule has 1 aromatic rings. The van der Waals surface area contributed by atoms with Crippen LogP contribution in [0, 0.1) is 5.92 Å². The lowest BCUT2D eigenvalue weighted by Gasteiger charge is -2.47. The lowest BCUT2D eigenvalue weighted by atomic mass is 9.66. The molecule has 2 aliphatic rings. The SMILES string of the molecule is CC(C)(C(=O)O)c1cc(O)c2c(c1)OC(C)(C)[C@@H]1CC=C(C=O)C[C@@H]21. The van der Waals surface area contributed by atoms with Crippen LogP contribution in [0.5, 0.6) is 11.5 Å². The molecule has 0 saturated carbocycles. The summed E-state index contributed by atoms with van der Waals surface area (Å²) in [6.45, 7) is 7.20. The van der Waals surface area contributed by atoms with E-state index in [4.69, 9.17) is 4.74 Å². The number of hydrogen-bond acceptors (Lipinski definition) is 4. The van der Waals surface area contributed by atoms with Gasteiger partial charge in [-0.2, -0.15) is 0 Å². The van der Waals surface area contributed by atoms with E-state index in [0.717, 1.165) is 11.9 Å². The normalized spacial score (nSPS) is 24.4. The molecule has 134 valence electrons. The van der Waals surface area contributed by atoms with Gasteiger partial charge in [-0.3, -0.25) is 9.59 Å². The summed E-state index contributed by atoms with van der Waals surface area (Å²) < 4.78 is 6.18. The lowest BCUT2D eigenvalue weighted by molar-refractivity contribution is -0.142. The molecule has 0 saturated heterocycles. The van der Waals surface area contributed by atoms with Crippen molar-refractivity contribution in [1.82, 2.24) is 0 Å². The van der Waals surface area contributed by atoms with Crippen molar-refractivity contribution in [3.8, 4) is 11.5 Å². The van der Waals surface area contributed by atoms with Gasteiger partial charge in [-0.15, -0.1) is 0 Å². The van der Waals surface area contributed by atoms with Gasteiger partial charge in [0.1, 0.15) is 23.4 Å². The summed E-state index contributed by atoms with van der Waals surface area (Å²) in [6.07, 6.45) is 4.09. The third-order valence-electron chi connectivity index (χ3n) is 5.74. The predicted molar refractivity (Wildman–Crippen MR) is 93.1 cm³/mol. The Morgan fingerprint density at radius 3 is 2.64 bits per heavy atom. The maximum absolute atomic E-state index is 11.6. The molecular weight excluding hydrogens is 320 g/mol. The third kappa shape index (κ3) is 2.71. The molecule has 1 aromatic carbocycles. The van der Waals surface area contributed by atoms with Crippen LogP contribution in [0.4, 0.5) is 0 Å². The van der Waals surface area contributed by atoms with E-state index < -0.39 is 17.0 Å². The van der Waals surface area contributed by atoms with Crippen molar-refractivity contribution in [2.45, 2.75) is 57.5 Å². The number of carbonyl (C=O) groups is 2. The quantitative estimate of drug-likeness (QED) is 0.819. The first kappa shape index (κ1) is 17.5. The Bertz CT molecular complexity index is 773. The smallest absolute Gasteiger partial charge is 0.313 e. The van der Waals surface area contributed by atoms with Crippen LogP contribution in [0.15, 0.2) is 23.8 Å². The number of carboxylic acid groups (broad SMARTS) is 1. The highest BCUT2D eigenvalue weighted by Crippen LogP contribution is 2.54. The molecule has 0 fully saturated rings. The summed E-state index contributed by atoms with van der Waals surface area (Å²) in [6, 6.07) is 3.24. The number of ether oxygens (including phenoxy) is 1. The minimum Gasteiger partial charge on any atom is -0.508 e. The predicted octanol–water partition coefficient (Wildman–Crippen LogP) is 3.54. The summed E-state index contributed by atoms with van der Waals surface area (Å²) in [5, 5.41) is 20.1. The fourth-order valence-corrected chi connectivity index (χ4v) is 4.00. The van der Waals surface area contributed by atoms with Gasteiger partial charge in [0.15, 0.2) is 0 Å². The zero-order valence-corrected chi connectivity index (χ0v) is 15.0. The van der Waals surface area contributed by atoms with Gasteiger partial charge in [0.25, 0.3) is 0 Å². The molecule has 0 spiro atoms. The minimum atomic E-state index is -1.14. The molecule has 0 radical (unpaired) electrons. The highest BCUT2D eigenvalue weighted by atomic mass is 16.5. The molecule has 0 aromatic heterocycles. The first-order valence-corrected chi connectivity index (χ1v) is 8.52. The van der Waals surface area contributed by atoms with E-state index in [-0.39, 0.29) is 17.6 Å². The second kappa shape index (κ2) is 5.61. The zero-order valence-electron chi connectivity index (χ0n) is 15.0. The maximum Gasteiger partial charge on any atom is 0.313 e. The molecule has 5 nitrogen and oxygen atoms in total. The van der Waals surface area contributed by atoms with Gasteiger partial charge in [-0.25, -0.2) is 0 Å². The number of carboxylic acids is 1. The topological polar surface area (TPSA) is 83.8 Å². The summed E-state index contributed by atoms with van der Waals surface area (Å²) in [5.74, 6) is -0.287. The average molecular weight is 344 g/mol. The first-order chi connectivity index (χ1) is 11.6. The number of aliphatic carboxylic acids is 1. The van der Waals surface area contributed by atoms with Gasteiger partial charge in [-0.05, 0) is 63.8 Å². The molecule has 0 amide bonds. The fraction of sp³-hybridized carbons (Fsp3) is 0.500. The van der Waals surface area contributed by atoms with Crippen molar-refractivity contribution in [3.63, 3.8) is 0 Å². The van der Waals surface area contributed by atoms with E-state index in [2.05, 4.69) is 0 Å². The number of rotatable bonds is 3. The highest BCUT2D eigenvalue weighted by Gasteiger charge is 2.46. The fourth-order valence-electron chi connectivity index (χ4n) is 4.00. The first-order valence-electron chi connectivity index (χ1n) is 8.52. The Morgan fingerprint density at radius 1 is 1.36 bits per heavy atom. The summed E-state index contributed by atoms with van der Waals surface area (Å²) in [5.41, 5.74) is 0.298. The Morgan fingerprint density at radius 2 is 2.04 bits per heavy atom. The van der Waals surface area contributed by atoms with Crippen molar-refractivity contribution < 1.29 is 24.5 Å². The van der Waals surface area contributed by atoms with Crippen molar-refractivity contribution >= 4 is 12.3 Å². The Kier molecular flexibility index (Phi) is 3.93. The number of benzene rings is 1. The van der Waals surface area contributed by atoms with E-state index >= 15 is 0 Å². The number of fused-ring (bicyclic) bond motifs is 3. The standard InChI is InChI=1S/C20H24O5/c1-19(2,18(23)24)12-8-15(22)17-13-7-11(10-21)5-6-14(13)20(3,4)25-16(17)9-12/h5,8-10,13-14,22H,6-7H2,1-4H3,(H,23,24)/t13-,14-/m1/s1. The van der Waals surface area contributed by atoms with Crippen molar-refractivity contribution in [2.75, 3.05) is 0 Å². The van der Waals surface area contributed by atoms with Crippen LogP contribution in [0.2, 0.25) is 0 Å². The van der Waals surface area contributed by atoms with Crippen LogP contribution in [-0.4, -0.2) is 28.1 Å². The molecule has 2 N–H and O–H groups in total. The number of hydrogen-bond donors (Lipinski definition) is 2. The molecule has 1 aliphatic heterocycles. The van der Waals surface area contributed by atoms with E-state index in [0.29, 0.717) is 29.7 Å². The molecule has 1 aliphatic carbocycles. The van der Waals surface area contributed by atoms with Gasteiger partial charge in [0.05, 0.1) is 5.41 Å². The van der Waals surface area contributed by atoms with Gasteiger partial charge < -0.3 is 14.9 Å². The number of phenols is 1. The second-order valence-electron chi connectivity index (χ2n) is 8.09. The van der Waals surface area contributed by atoms with Gasteiger partial charge in [0, 0.05) is 17.4 Å². The number of allylic oxidation sites excluding steroid dienone is 2. The Balaban J connectivity index is 2.15.